The molecule has 208 valence electrons. The first-order valence-corrected chi connectivity index (χ1v) is 13.2. The molecular formula is C26H34ClN9O3. The number of nitrogen functional groups attached to an aromatic ring is 2. The van der Waals surface area contributed by atoms with Crippen LogP contribution in [0.1, 0.15) is 41.1 Å². The summed E-state index contributed by atoms with van der Waals surface area (Å²) >= 11 is 5.90. The first-order valence-electron chi connectivity index (χ1n) is 12.8. The number of piperidine rings is 1. The molecule has 0 aliphatic carbocycles. The van der Waals surface area contributed by atoms with E-state index < -0.39 is 5.91 Å². The second-order valence-electron chi connectivity index (χ2n) is 9.51. The third kappa shape index (κ3) is 8.04. The first-order chi connectivity index (χ1) is 18.8. The molecule has 1 saturated heterocycles. The summed E-state index contributed by atoms with van der Waals surface area (Å²) in [5.41, 5.74) is 12.6. The number of likely N-dealkylation sites (tertiary alicyclic amines) is 1. The number of amides is 2. The highest BCUT2D eigenvalue weighted by Crippen LogP contribution is 2.19. The number of nitrogens with one attached hydrogen (secondary N) is 2. The van der Waals surface area contributed by atoms with Crippen molar-refractivity contribution < 1.29 is 14.3 Å². The predicted octanol–water partition coefficient (Wildman–Crippen LogP) is 1.55. The summed E-state index contributed by atoms with van der Waals surface area (Å²) in [5.74, 6) is 0.779. The fraction of sp³-hybridized carbons (Fsp3) is 0.423. The van der Waals surface area contributed by atoms with Crippen LogP contribution in [0.15, 0.2) is 36.7 Å². The standard InChI is InChI=1S/C26H34ClN9O3/c1-35-13-10-30-20(35)14-31-21(37)16-39-19-8-6-17(7-9-19)4-2-11-36-12-3-5-18(15-36)32-26(38)22-24(28)34-25(29)23(27)33-22/h6-10,13,18H,2-5,11-12,14-16H2,1H3,(H,31,37)(H,32,38)(H4,28,29,34)/t18-/m0/s1. The third-order valence-corrected chi connectivity index (χ3v) is 6.84. The number of ether oxygens (including phenoxy) is 1. The van der Waals surface area contributed by atoms with E-state index in [2.05, 4.69) is 30.5 Å². The molecule has 0 unspecified atom stereocenters. The number of benzene rings is 1. The molecule has 39 heavy (non-hydrogen) atoms. The summed E-state index contributed by atoms with van der Waals surface area (Å²) < 4.78 is 7.46. The number of halogens is 1. The molecule has 12 nitrogen and oxygen atoms in total. The van der Waals surface area contributed by atoms with Crippen molar-refractivity contribution in [2.75, 3.05) is 37.7 Å². The van der Waals surface area contributed by atoms with Crippen LogP contribution in [-0.4, -0.2) is 68.5 Å². The normalized spacial score (nSPS) is 15.6. The Kier molecular flexibility index (Phi) is 9.55. The topological polar surface area (TPSA) is 166 Å². The Morgan fingerprint density at radius 1 is 1.18 bits per heavy atom. The van der Waals surface area contributed by atoms with Crippen molar-refractivity contribution in [2.24, 2.45) is 7.05 Å². The van der Waals surface area contributed by atoms with Crippen LogP contribution in [0.2, 0.25) is 5.15 Å². The average molecular weight is 556 g/mol. The van der Waals surface area contributed by atoms with Gasteiger partial charge in [-0.2, -0.15) is 0 Å². The van der Waals surface area contributed by atoms with E-state index in [0.717, 1.165) is 51.1 Å². The average Bonchev–Trinajstić information content (AvgIpc) is 3.33. The molecule has 3 heterocycles. The van der Waals surface area contributed by atoms with E-state index in [-0.39, 0.29) is 41.0 Å². The molecule has 4 rings (SSSR count). The van der Waals surface area contributed by atoms with Gasteiger partial charge in [0.1, 0.15) is 11.6 Å². The molecule has 0 spiro atoms. The van der Waals surface area contributed by atoms with E-state index >= 15 is 0 Å². The van der Waals surface area contributed by atoms with Crippen molar-refractivity contribution in [3.8, 4) is 5.75 Å². The quantitative estimate of drug-likeness (QED) is 0.274. The summed E-state index contributed by atoms with van der Waals surface area (Å²) in [5, 5.41) is 5.75. The highest BCUT2D eigenvalue weighted by atomic mass is 35.5. The molecule has 6 N–H and O–H groups in total. The second kappa shape index (κ2) is 13.3. The van der Waals surface area contributed by atoms with Crippen molar-refractivity contribution in [2.45, 2.75) is 38.3 Å². The van der Waals surface area contributed by atoms with Crippen LogP contribution in [0.3, 0.4) is 0 Å². The fourth-order valence-corrected chi connectivity index (χ4v) is 4.57. The minimum absolute atomic E-state index is 0.00318. The Morgan fingerprint density at radius 2 is 1.97 bits per heavy atom. The lowest BCUT2D eigenvalue weighted by Crippen LogP contribution is -2.48. The summed E-state index contributed by atoms with van der Waals surface area (Å²) in [6.07, 6.45) is 7.26. The Balaban J connectivity index is 1.15. The van der Waals surface area contributed by atoms with E-state index in [1.165, 1.54) is 5.56 Å². The van der Waals surface area contributed by atoms with Crippen molar-refractivity contribution in [3.63, 3.8) is 0 Å². The summed E-state index contributed by atoms with van der Waals surface area (Å²) in [6, 6.07) is 7.78. The lowest BCUT2D eigenvalue weighted by atomic mass is 10.0. The first kappa shape index (κ1) is 28.1. The van der Waals surface area contributed by atoms with Gasteiger partial charge in [-0.3, -0.25) is 9.59 Å². The third-order valence-electron chi connectivity index (χ3n) is 6.56. The Morgan fingerprint density at radius 3 is 2.72 bits per heavy atom. The Bertz CT molecular complexity index is 1280. The lowest BCUT2D eigenvalue weighted by molar-refractivity contribution is -0.123. The maximum absolute atomic E-state index is 12.7. The molecule has 13 heteroatoms. The number of carbonyl (C=O) groups is 2. The number of aromatic nitrogens is 4. The summed E-state index contributed by atoms with van der Waals surface area (Å²) in [6.45, 7) is 2.95. The number of hydrogen-bond acceptors (Lipinski definition) is 9. The van der Waals surface area contributed by atoms with Gasteiger partial charge in [-0.1, -0.05) is 23.7 Å². The summed E-state index contributed by atoms with van der Waals surface area (Å²) in [4.78, 5) is 39.1. The van der Waals surface area contributed by atoms with Gasteiger partial charge >= 0.3 is 0 Å². The molecule has 1 aliphatic heterocycles. The summed E-state index contributed by atoms with van der Waals surface area (Å²) in [7, 11) is 1.88. The van der Waals surface area contributed by atoms with Crippen LogP contribution in [0.4, 0.5) is 11.6 Å². The van der Waals surface area contributed by atoms with E-state index in [0.29, 0.717) is 12.3 Å². The van der Waals surface area contributed by atoms with Gasteiger partial charge in [0.05, 0.1) is 6.54 Å². The van der Waals surface area contributed by atoms with Gasteiger partial charge in [0, 0.05) is 32.0 Å². The Hall–Kier alpha value is -3.90. The SMILES string of the molecule is Cn1ccnc1CNC(=O)COc1ccc(CCCN2CCC[C@H](NC(=O)c3nc(Cl)c(N)nc3N)C2)cc1. The van der Waals surface area contributed by atoms with Crippen molar-refractivity contribution in [3.05, 3.63) is 58.9 Å². The van der Waals surface area contributed by atoms with Crippen molar-refractivity contribution in [1.29, 1.82) is 0 Å². The molecule has 2 amide bonds. The van der Waals surface area contributed by atoms with Gasteiger partial charge in [-0.15, -0.1) is 0 Å². The van der Waals surface area contributed by atoms with Gasteiger partial charge < -0.3 is 36.3 Å². The monoisotopic (exact) mass is 555 g/mol. The zero-order valence-corrected chi connectivity index (χ0v) is 22.7. The lowest BCUT2D eigenvalue weighted by Gasteiger charge is -2.33. The van der Waals surface area contributed by atoms with E-state index in [9.17, 15) is 9.59 Å². The molecule has 0 bridgehead atoms. The van der Waals surface area contributed by atoms with Crippen molar-refractivity contribution in [1.82, 2.24) is 35.1 Å². The largest absolute Gasteiger partial charge is 0.484 e. The van der Waals surface area contributed by atoms with E-state index in [4.69, 9.17) is 27.8 Å². The van der Waals surface area contributed by atoms with Gasteiger partial charge in [0.15, 0.2) is 29.1 Å². The minimum Gasteiger partial charge on any atom is -0.484 e. The van der Waals surface area contributed by atoms with E-state index in [1.807, 2.05) is 42.1 Å². The molecule has 3 aromatic rings. The number of nitrogens with two attached hydrogens (primary N) is 2. The maximum Gasteiger partial charge on any atom is 0.274 e. The van der Waals surface area contributed by atoms with Crippen LogP contribution in [0.5, 0.6) is 5.75 Å². The molecule has 0 radical (unpaired) electrons. The zero-order chi connectivity index (χ0) is 27.8. The smallest absolute Gasteiger partial charge is 0.274 e. The van der Waals surface area contributed by atoms with E-state index in [1.54, 1.807) is 6.20 Å². The number of nitrogens with zero attached hydrogens (tertiary/aromatic N) is 5. The number of aryl methyl sites for hydroxylation is 2. The minimum atomic E-state index is -0.401. The van der Waals surface area contributed by atoms with Crippen LogP contribution in [0, 0.1) is 0 Å². The van der Waals surface area contributed by atoms with Crippen molar-refractivity contribution >= 4 is 35.1 Å². The number of carbonyl (C=O) groups excluding carboxylic acids is 2. The van der Waals surface area contributed by atoms with Gasteiger partial charge in [-0.05, 0) is 56.5 Å². The van der Waals surface area contributed by atoms with Crippen LogP contribution < -0.4 is 26.8 Å². The predicted molar refractivity (Wildman–Crippen MR) is 148 cm³/mol. The Labute approximate surface area is 232 Å². The molecule has 1 aliphatic rings. The van der Waals surface area contributed by atoms with Gasteiger partial charge in [-0.25, -0.2) is 15.0 Å². The molecular weight excluding hydrogens is 522 g/mol. The fourth-order valence-electron chi connectivity index (χ4n) is 4.44. The molecule has 1 fully saturated rings. The molecule has 2 aromatic heterocycles. The zero-order valence-electron chi connectivity index (χ0n) is 21.9. The number of imidazole rings is 1. The molecule has 1 aromatic carbocycles. The molecule has 1 atom stereocenters. The number of hydrogen-bond donors (Lipinski definition) is 4. The van der Waals surface area contributed by atoms with Gasteiger partial charge in [0.2, 0.25) is 0 Å². The van der Waals surface area contributed by atoms with Crippen LogP contribution in [0.25, 0.3) is 0 Å². The van der Waals surface area contributed by atoms with Crippen LogP contribution >= 0.6 is 11.6 Å². The van der Waals surface area contributed by atoms with Gasteiger partial charge in [0.25, 0.3) is 11.8 Å². The van der Waals surface area contributed by atoms with Crippen LogP contribution in [-0.2, 0) is 24.8 Å². The second-order valence-corrected chi connectivity index (χ2v) is 9.87. The highest BCUT2D eigenvalue weighted by Gasteiger charge is 2.24. The maximum atomic E-state index is 12.7. The molecule has 0 saturated carbocycles. The highest BCUT2D eigenvalue weighted by molar-refractivity contribution is 6.31. The number of anilines is 2. The number of rotatable bonds is 11.